The van der Waals surface area contributed by atoms with Crippen molar-refractivity contribution in [2.24, 2.45) is 5.41 Å². The van der Waals surface area contributed by atoms with Crippen LogP contribution in [-0.2, 0) is 0 Å². The summed E-state index contributed by atoms with van der Waals surface area (Å²) in [6.07, 6.45) is 4.12. The summed E-state index contributed by atoms with van der Waals surface area (Å²) in [6, 6.07) is 2.45. The highest BCUT2D eigenvalue weighted by Gasteiger charge is 2.33. The molecule has 0 radical (unpaired) electrons. The van der Waals surface area contributed by atoms with E-state index in [4.69, 9.17) is 5.11 Å². The summed E-state index contributed by atoms with van der Waals surface area (Å²) in [5.74, 6) is -3.90. The third-order valence-electron chi connectivity index (χ3n) is 4.15. The van der Waals surface area contributed by atoms with Gasteiger partial charge in [0.25, 0.3) is 0 Å². The van der Waals surface area contributed by atoms with Crippen LogP contribution in [0.1, 0.15) is 49.9 Å². The second-order valence-corrected chi connectivity index (χ2v) is 6.03. The zero-order valence-corrected chi connectivity index (χ0v) is 11.7. The van der Waals surface area contributed by atoms with Gasteiger partial charge < -0.3 is 10.4 Å². The Kier molecular flexibility index (Phi) is 3.97. The van der Waals surface area contributed by atoms with Crippen LogP contribution in [0, 0.1) is 17.0 Å². The van der Waals surface area contributed by atoms with Crippen molar-refractivity contribution < 1.29 is 18.7 Å². The third kappa shape index (κ3) is 2.76. The van der Waals surface area contributed by atoms with Gasteiger partial charge in [-0.05, 0) is 30.4 Å². The van der Waals surface area contributed by atoms with Crippen LogP contribution in [0.4, 0.5) is 14.5 Å². The summed E-state index contributed by atoms with van der Waals surface area (Å²) in [6.45, 7) is 4.20. The van der Waals surface area contributed by atoms with Crippen molar-refractivity contribution >= 4 is 11.7 Å². The van der Waals surface area contributed by atoms with Crippen molar-refractivity contribution in [3.63, 3.8) is 0 Å². The number of carboxylic acid groups (broad SMARTS) is 1. The highest BCUT2D eigenvalue weighted by atomic mass is 19.2. The molecule has 0 bridgehead atoms. The highest BCUT2D eigenvalue weighted by molar-refractivity contribution is 5.88. The fourth-order valence-electron chi connectivity index (χ4n) is 2.78. The van der Waals surface area contributed by atoms with Crippen LogP contribution in [0.25, 0.3) is 0 Å². The standard InChI is InChI=1S/C15H19F2NO2/c1-15(2)8-4-3-5-11(15)18-10-7-6-9(14(19)20)12(16)13(10)17/h6-7,11,18H,3-5,8H2,1-2H3,(H,19,20). The van der Waals surface area contributed by atoms with E-state index in [9.17, 15) is 13.6 Å². The highest BCUT2D eigenvalue weighted by Crippen LogP contribution is 2.37. The van der Waals surface area contributed by atoms with E-state index in [0.29, 0.717) is 0 Å². The molecule has 1 aliphatic carbocycles. The lowest BCUT2D eigenvalue weighted by Crippen LogP contribution is -2.39. The summed E-state index contributed by atoms with van der Waals surface area (Å²) in [5, 5.41) is 11.8. The van der Waals surface area contributed by atoms with Gasteiger partial charge in [0.1, 0.15) is 0 Å². The average Bonchev–Trinajstić information content (AvgIpc) is 2.36. The zero-order valence-electron chi connectivity index (χ0n) is 11.7. The molecule has 0 heterocycles. The van der Waals surface area contributed by atoms with E-state index in [1.807, 2.05) is 0 Å². The van der Waals surface area contributed by atoms with Crippen molar-refractivity contribution in [3.05, 3.63) is 29.3 Å². The maximum atomic E-state index is 13.9. The van der Waals surface area contributed by atoms with E-state index < -0.39 is 23.2 Å². The number of benzene rings is 1. The van der Waals surface area contributed by atoms with Crippen molar-refractivity contribution in [3.8, 4) is 0 Å². The number of aromatic carboxylic acids is 1. The van der Waals surface area contributed by atoms with Gasteiger partial charge in [0.15, 0.2) is 11.6 Å². The van der Waals surface area contributed by atoms with Crippen LogP contribution in [0.15, 0.2) is 12.1 Å². The molecule has 0 aliphatic heterocycles. The molecule has 3 nitrogen and oxygen atoms in total. The maximum Gasteiger partial charge on any atom is 0.338 e. The number of halogens is 2. The molecule has 2 rings (SSSR count). The SMILES string of the molecule is CC1(C)CCCCC1Nc1ccc(C(=O)O)c(F)c1F. The van der Waals surface area contributed by atoms with Gasteiger partial charge in [0, 0.05) is 6.04 Å². The molecule has 1 unspecified atom stereocenters. The van der Waals surface area contributed by atoms with E-state index in [1.54, 1.807) is 0 Å². The first kappa shape index (κ1) is 14.8. The maximum absolute atomic E-state index is 13.9. The number of carboxylic acids is 1. The first-order valence-corrected chi connectivity index (χ1v) is 6.81. The van der Waals surface area contributed by atoms with Crippen molar-refractivity contribution in [1.29, 1.82) is 0 Å². The largest absolute Gasteiger partial charge is 0.478 e. The summed E-state index contributed by atoms with van der Waals surface area (Å²) >= 11 is 0. The van der Waals surface area contributed by atoms with E-state index >= 15 is 0 Å². The summed E-state index contributed by atoms with van der Waals surface area (Å²) < 4.78 is 27.6. The Morgan fingerprint density at radius 1 is 1.30 bits per heavy atom. The van der Waals surface area contributed by atoms with Gasteiger partial charge in [-0.25, -0.2) is 13.6 Å². The van der Waals surface area contributed by atoms with Gasteiger partial charge in [-0.15, -0.1) is 0 Å². The molecule has 0 spiro atoms. The molecule has 1 aromatic carbocycles. The van der Waals surface area contributed by atoms with Crippen LogP contribution < -0.4 is 5.32 Å². The van der Waals surface area contributed by atoms with Gasteiger partial charge in [0.2, 0.25) is 0 Å². The Morgan fingerprint density at radius 2 is 2.00 bits per heavy atom. The third-order valence-corrected chi connectivity index (χ3v) is 4.15. The van der Waals surface area contributed by atoms with Crippen molar-refractivity contribution in [2.45, 2.75) is 45.6 Å². The molecule has 1 fully saturated rings. The summed E-state index contributed by atoms with van der Waals surface area (Å²) in [7, 11) is 0. The quantitative estimate of drug-likeness (QED) is 0.880. The molecule has 1 atom stereocenters. The van der Waals surface area contributed by atoms with Crippen LogP contribution in [0.5, 0.6) is 0 Å². The molecule has 1 aliphatic rings. The number of rotatable bonds is 3. The average molecular weight is 283 g/mol. The first-order chi connectivity index (χ1) is 9.33. The van der Waals surface area contributed by atoms with E-state index in [1.165, 1.54) is 6.07 Å². The number of anilines is 1. The molecule has 20 heavy (non-hydrogen) atoms. The number of hydrogen-bond acceptors (Lipinski definition) is 2. The zero-order chi connectivity index (χ0) is 14.9. The summed E-state index contributed by atoms with van der Waals surface area (Å²) in [4.78, 5) is 10.8. The molecule has 5 heteroatoms. The fraction of sp³-hybridized carbons (Fsp3) is 0.533. The Morgan fingerprint density at radius 3 is 2.60 bits per heavy atom. The lowest BCUT2D eigenvalue weighted by molar-refractivity contribution is 0.0690. The Hall–Kier alpha value is -1.65. The summed E-state index contributed by atoms with van der Waals surface area (Å²) in [5.41, 5.74) is -0.601. The van der Waals surface area contributed by atoms with Gasteiger partial charge >= 0.3 is 5.97 Å². The van der Waals surface area contributed by atoms with Gasteiger partial charge in [-0.2, -0.15) is 0 Å². The van der Waals surface area contributed by atoms with E-state index in [2.05, 4.69) is 19.2 Å². The van der Waals surface area contributed by atoms with Gasteiger partial charge in [-0.1, -0.05) is 26.7 Å². The minimum absolute atomic E-state index is 0.00658. The second kappa shape index (κ2) is 5.38. The lowest BCUT2D eigenvalue weighted by Gasteiger charge is -2.39. The van der Waals surface area contributed by atoms with E-state index in [0.717, 1.165) is 31.7 Å². The first-order valence-electron chi connectivity index (χ1n) is 6.81. The normalized spacial score (nSPS) is 21.5. The number of hydrogen-bond donors (Lipinski definition) is 2. The minimum Gasteiger partial charge on any atom is -0.478 e. The predicted molar refractivity (Wildman–Crippen MR) is 73.0 cm³/mol. The smallest absolute Gasteiger partial charge is 0.338 e. The molecule has 2 N–H and O–H groups in total. The Balaban J connectivity index is 2.26. The van der Waals surface area contributed by atoms with Crippen LogP contribution in [0.3, 0.4) is 0 Å². The molecule has 1 aromatic rings. The molecule has 0 aromatic heterocycles. The minimum atomic E-state index is -1.47. The Labute approximate surface area is 117 Å². The topological polar surface area (TPSA) is 49.3 Å². The molecule has 0 amide bonds. The van der Waals surface area contributed by atoms with Crippen LogP contribution in [0.2, 0.25) is 0 Å². The number of carbonyl (C=O) groups is 1. The molecular weight excluding hydrogens is 264 g/mol. The molecule has 0 saturated heterocycles. The molecule has 110 valence electrons. The second-order valence-electron chi connectivity index (χ2n) is 6.03. The molecule has 1 saturated carbocycles. The van der Waals surface area contributed by atoms with Gasteiger partial charge in [-0.3, -0.25) is 0 Å². The van der Waals surface area contributed by atoms with Crippen LogP contribution >= 0.6 is 0 Å². The fourth-order valence-corrected chi connectivity index (χ4v) is 2.78. The predicted octanol–water partition coefficient (Wildman–Crippen LogP) is 4.04. The van der Waals surface area contributed by atoms with Crippen LogP contribution in [-0.4, -0.2) is 17.1 Å². The number of nitrogens with one attached hydrogen (secondary N) is 1. The van der Waals surface area contributed by atoms with Crippen molar-refractivity contribution in [1.82, 2.24) is 0 Å². The van der Waals surface area contributed by atoms with E-state index in [-0.39, 0.29) is 17.1 Å². The Bertz CT molecular complexity index is 529. The monoisotopic (exact) mass is 283 g/mol. The van der Waals surface area contributed by atoms with Gasteiger partial charge in [0.05, 0.1) is 11.3 Å². The van der Waals surface area contributed by atoms with Crippen molar-refractivity contribution in [2.75, 3.05) is 5.32 Å². The lowest BCUT2D eigenvalue weighted by atomic mass is 9.73. The molecular formula is C15H19F2NO2.